The van der Waals surface area contributed by atoms with E-state index in [-0.39, 0.29) is 81.6 Å². The van der Waals surface area contributed by atoms with Crippen LogP contribution in [0.25, 0.3) is 53.0 Å². The van der Waals surface area contributed by atoms with Crippen LogP contribution in [-0.2, 0) is 20.2 Å². The molecule has 0 saturated carbocycles. The number of nitrogens with one attached hydrogen (secondary N) is 2. The summed E-state index contributed by atoms with van der Waals surface area (Å²) >= 11 is 11.3. The fourth-order valence-corrected chi connectivity index (χ4v) is 16.9. The molecule has 0 amide bonds. The molecule has 4 N–H and O–H groups in total. The van der Waals surface area contributed by atoms with Crippen LogP contribution in [0, 0.1) is 0 Å². The van der Waals surface area contributed by atoms with Crippen LogP contribution in [0.4, 0.5) is 23.0 Å². The van der Waals surface area contributed by atoms with Crippen molar-refractivity contribution in [2.45, 2.75) is 47.5 Å². The van der Waals surface area contributed by atoms with Crippen LogP contribution in [0.5, 0.6) is 0 Å². The van der Waals surface area contributed by atoms with E-state index >= 15 is 0 Å². The molecule has 0 aliphatic rings. The molecule has 6 aromatic carbocycles. The number of nitrogens with zero attached hydrogens (tertiary/aromatic N) is 8. The van der Waals surface area contributed by atoms with E-state index < -0.39 is 30.0 Å². The van der Waals surface area contributed by atoms with E-state index in [9.17, 15) is 25.9 Å². The number of benzene rings is 6. The van der Waals surface area contributed by atoms with Crippen LogP contribution in [0.15, 0.2) is 193 Å². The molecule has 0 fully saturated rings. The summed E-state index contributed by atoms with van der Waals surface area (Å²) in [5.74, 6) is 0.651. The van der Waals surface area contributed by atoms with Crippen LogP contribution >= 0.6 is 92.4 Å². The quantitative estimate of drug-likeness (QED) is 0.0231. The minimum atomic E-state index is -4.86. The fraction of sp³-hybridized carbons (Fsp3) is 0. The summed E-state index contributed by atoms with van der Waals surface area (Å²) in [5, 5.41) is 8.23. The Balaban J connectivity index is 0.00000344. The molecular formula is C50H32N10Na2O6S10. The predicted molar refractivity (Wildman–Crippen MR) is 321 cm³/mol. The van der Waals surface area contributed by atoms with Gasteiger partial charge in [-0.2, -0.15) is 16.8 Å². The molecule has 380 valence electrons. The van der Waals surface area contributed by atoms with Crippen molar-refractivity contribution in [2.75, 3.05) is 10.6 Å². The molecule has 6 heterocycles. The average molecular weight is 1240 g/mol. The molecule has 0 unspecified atom stereocenters. The predicted octanol–water partition coefficient (Wildman–Crippen LogP) is 13.2. The normalized spacial score (nSPS) is 11.9. The second kappa shape index (κ2) is 24.4. The van der Waals surface area contributed by atoms with E-state index in [1.165, 1.54) is 129 Å². The number of fused-ring (bicyclic) bond motifs is 4. The molecular weight excluding hydrogens is 1200 g/mol. The van der Waals surface area contributed by atoms with Crippen LogP contribution in [0.3, 0.4) is 0 Å². The van der Waals surface area contributed by atoms with Crippen molar-refractivity contribution < 1.29 is 25.9 Å². The summed E-state index contributed by atoms with van der Waals surface area (Å²) in [6, 6.07) is 43.2. The van der Waals surface area contributed by atoms with Crippen molar-refractivity contribution in [1.82, 2.24) is 39.9 Å². The first-order valence-corrected chi connectivity index (χ1v) is 31.5. The van der Waals surface area contributed by atoms with Crippen LogP contribution < -0.4 is 10.6 Å². The molecule has 0 atom stereocenters. The molecule has 78 heavy (non-hydrogen) atoms. The van der Waals surface area contributed by atoms with Gasteiger partial charge in [0.25, 0.3) is 20.2 Å². The molecule has 16 nitrogen and oxygen atoms in total. The van der Waals surface area contributed by atoms with Gasteiger partial charge in [0.1, 0.15) is 31.5 Å². The summed E-state index contributed by atoms with van der Waals surface area (Å²) in [6.07, 6.45) is 2.66. The molecule has 0 radical (unpaired) electrons. The topological polar surface area (TPSA) is 236 Å². The first-order valence-electron chi connectivity index (χ1n) is 22.1. The van der Waals surface area contributed by atoms with Gasteiger partial charge in [-0.25, -0.2) is 39.9 Å². The monoisotopic (exact) mass is 1230 g/mol. The molecule has 12 rings (SSSR count). The number of aromatic nitrogens is 8. The van der Waals surface area contributed by atoms with Crippen LogP contribution in [-0.4, -0.2) is 125 Å². The maximum atomic E-state index is 13.0. The van der Waals surface area contributed by atoms with Gasteiger partial charge in [-0.1, -0.05) is 72.8 Å². The van der Waals surface area contributed by atoms with Crippen LogP contribution in [0.2, 0.25) is 0 Å². The molecule has 0 saturated heterocycles. The van der Waals surface area contributed by atoms with Crippen molar-refractivity contribution >= 4 is 248 Å². The van der Waals surface area contributed by atoms with E-state index in [2.05, 4.69) is 10.6 Å². The number of thiazole rings is 4. The Morgan fingerprint density at radius 1 is 0.397 bits per heavy atom. The number of anilines is 4. The number of rotatable bonds is 16. The Hall–Kier alpha value is -4.40. The third-order valence-corrected chi connectivity index (χ3v) is 20.5. The molecule has 0 spiro atoms. The first kappa shape index (κ1) is 56.9. The number of hydrogen-bond acceptors (Lipinski definition) is 22. The van der Waals surface area contributed by atoms with Gasteiger partial charge in [-0.15, -0.1) is 45.3 Å². The molecule has 0 aliphatic heterocycles. The first-order chi connectivity index (χ1) is 36.8. The summed E-state index contributed by atoms with van der Waals surface area (Å²) in [6.45, 7) is 0. The van der Waals surface area contributed by atoms with Gasteiger partial charge >= 0.3 is 59.1 Å². The number of hydrogen-bond donors (Lipinski definition) is 4. The molecule has 0 bridgehead atoms. The van der Waals surface area contributed by atoms with E-state index in [0.717, 1.165) is 58.2 Å². The van der Waals surface area contributed by atoms with Gasteiger partial charge < -0.3 is 10.6 Å². The Labute approximate surface area is 522 Å². The van der Waals surface area contributed by atoms with Crippen molar-refractivity contribution in [2.24, 2.45) is 0 Å². The van der Waals surface area contributed by atoms with E-state index in [0.29, 0.717) is 32.0 Å². The van der Waals surface area contributed by atoms with Crippen LogP contribution in [0.1, 0.15) is 11.1 Å². The van der Waals surface area contributed by atoms with Crippen molar-refractivity contribution in [3.05, 3.63) is 157 Å². The van der Waals surface area contributed by atoms with Gasteiger partial charge in [0.05, 0.1) is 40.9 Å². The van der Waals surface area contributed by atoms with Gasteiger partial charge in [0, 0.05) is 23.5 Å². The molecule has 12 aromatic rings. The summed E-state index contributed by atoms with van der Waals surface area (Å²) in [7, 11) is -9.73. The molecule has 0 aliphatic carbocycles. The summed E-state index contributed by atoms with van der Waals surface area (Å²) in [5.41, 5.74) is 3.98. The van der Waals surface area contributed by atoms with Gasteiger partial charge in [0.2, 0.25) is 0 Å². The standard InChI is InChI=1S/C50H30N10O6S10.2Na.2H/c61-75(62,63)39-23-29(51-41-25-43(71-47-53-31-9-1-5-13-35(31)67-47)59-45(57-41)73-49-55-33-11-3-7-15-37(33)69-49)21-19-27(39)17-18-28-20-22-30(24-40(28)76(64,65)66)52-42-26-44(72-48-54-32-10-2-6-14-36(32)68-48)60-46(58-42)74-50-56-34-12-4-8-16-38(34)70-50;;;;/h1-26H,(H,51,57,59)(H,52,58,60)(H,61,62,63)(H,64,65,66);;;;. The maximum absolute atomic E-state index is 13.0. The SMILES string of the molecule is O=S(=O)(O)c1cc(Nc2cc(Sc3nc4ccccc4s3)nc(Sc3nc4ccccc4s3)n2)ccc1C=Cc1ccc(Nc2cc(Sc3nc4ccccc4s3)nc(Sc3nc4ccccc4s3)n2)cc1S(=O)(=O)O.[NaH].[NaH]. The third-order valence-electron chi connectivity index (χ3n) is 10.8. The van der Waals surface area contributed by atoms with Crippen molar-refractivity contribution in [3.63, 3.8) is 0 Å². The zero-order chi connectivity index (χ0) is 52.0. The Bertz CT molecular complexity index is 3900. The van der Waals surface area contributed by atoms with E-state index in [1.807, 2.05) is 97.1 Å². The van der Waals surface area contributed by atoms with Gasteiger partial charge in [0.15, 0.2) is 27.7 Å². The van der Waals surface area contributed by atoms with Crippen molar-refractivity contribution in [1.29, 1.82) is 0 Å². The van der Waals surface area contributed by atoms with Gasteiger partial charge in [-0.3, -0.25) is 9.11 Å². The summed E-state index contributed by atoms with van der Waals surface area (Å²) < 4.78 is 80.1. The zero-order valence-electron chi connectivity index (χ0n) is 38.2. The minimum absolute atomic E-state index is 0. The fourth-order valence-electron chi connectivity index (χ4n) is 7.47. The van der Waals surface area contributed by atoms with E-state index in [4.69, 9.17) is 39.9 Å². The Kier molecular flexibility index (Phi) is 17.8. The van der Waals surface area contributed by atoms with Crippen molar-refractivity contribution in [3.8, 4) is 0 Å². The second-order valence-corrected chi connectivity index (χ2v) is 27.9. The second-order valence-electron chi connectivity index (χ2n) is 16.0. The molecule has 6 aromatic heterocycles. The number of para-hydroxylation sites is 4. The zero-order valence-corrected chi connectivity index (χ0v) is 46.4. The third kappa shape index (κ3) is 13.5. The van der Waals surface area contributed by atoms with Gasteiger partial charge in [-0.05, 0) is 131 Å². The average Bonchev–Trinajstić information content (AvgIpc) is 4.28. The van der Waals surface area contributed by atoms with E-state index in [1.54, 1.807) is 24.3 Å². The Morgan fingerprint density at radius 3 is 1.04 bits per heavy atom. The summed E-state index contributed by atoms with van der Waals surface area (Å²) in [4.78, 5) is 37.1. The Morgan fingerprint density at radius 2 is 0.718 bits per heavy atom. The molecule has 28 heteroatoms.